The first-order valence-corrected chi connectivity index (χ1v) is 6.69. The number of benzene rings is 1. The maximum Gasteiger partial charge on any atom is 0.182 e. The first-order chi connectivity index (χ1) is 9.00. The molecule has 0 fully saturated rings. The summed E-state index contributed by atoms with van der Waals surface area (Å²) in [5, 5.41) is 10.2. The number of oxazole rings is 1. The van der Waals surface area contributed by atoms with Crippen molar-refractivity contribution in [2.45, 2.75) is 46.5 Å². The van der Waals surface area contributed by atoms with Gasteiger partial charge in [-0.05, 0) is 51.2 Å². The van der Waals surface area contributed by atoms with Crippen molar-refractivity contribution in [3.05, 3.63) is 35.2 Å². The number of fused-ring (bicyclic) bond motifs is 1. The number of nitrogens with zero attached hydrogens (tertiary/aromatic N) is 1. The van der Waals surface area contributed by atoms with E-state index in [0.717, 1.165) is 35.1 Å². The molecule has 3 heteroatoms. The number of hydrogen-bond acceptors (Lipinski definition) is 3. The fraction of sp³-hybridized carbons (Fsp3) is 0.438. The molecule has 0 radical (unpaired) electrons. The van der Waals surface area contributed by atoms with Gasteiger partial charge in [0.15, 0.2) is 12.0 Å². The van der Waals surface area contributed by atoms with Gasteiger partial charge < -0.3 is 9.52 Å². The van der Waals surface area contributed by atoms with E-state index in [4.69, 9.17) is 4.42 Å². The number of phenols is 1. The number of aryl methyl sites for hydroxylation is 1. The molecule has 3 nitrogen and oxygen atoms in total. The van der Waals surface area contributed by atoms with Crippen molar-refractivity contribution in [2.24, 2.45) is 0 Å². The lowest BCUT2D eigenvalue weighted by Crippen LogP contribution is -1.96. The van der Waals surface area contributed by atoms with Crippen molar-refractivity contribution >= 4 is 11.1 Å². The van der Waals surface area contributed by atoms with Gasteiger partial charge in [0.05, 0.1) is 0 Å². The second kappa shape index (κ2) is 5.47. The molecule has 1 heterocycles. The zero-order valence-electron chi connectivity index (χ0n) is 12.0. The molecule has 0 aliphatic heterocycles. The van der Waals surface area contributed by atoms with Gasteiger partial charge in [-0.15, -0.1) is 0 Å². The van der Waals surface area contributed by atoms with Crippen LogP contribution in [0.15, 0.2) is 28.5 Å². The Bertz CT molecular complexity index is 606. The minimum absolute atomic E-state index is 0.242. The largest absolute Gasteiger partial charge is 0.508 e. The fourth-order valence-electron chi connectivity index (χ4n) is 2.43. The monoisotopic (exact) mass is 259 g/mol. The van der Waals surface area contributed by atoms with Crippen molar-refractivity contribution in [3.8, 4) is 5.75 Å². The van der Waals surface area contributed by atoms with Crippen LogP contribution < -0.4 is 0 Å². The zero-order valence-corrected chi connectivity index (χ0v) is 12.0. The molecule has 0 saturated heterocycles. The predicted octanol–water partition coefficient (Wildman–Crippen LogP) is 4.69. The Morgan fingerprint density at radius 1 is 1.47 bits per heavy atom. The van der Waals surface area contributed by atoms with Crippen LogP contribution in [0, 0.1) is 6.92 Å². The summed E-state index contributed by atoms with van der Waals surface area (Å²) in [4.78, 5) is 4.22. The smallest absolute Gasteiger partial charge is 0.182 e. The Balaban J connectivity index is 2.33. The molecule has 0 bridgehead atoms. The molecule has 0 aliphatic rings. The second-order valence-electron chi connectivity index (χ2n) is 5.42. The number of hydrogen-bond donors (Lipinski definition) is 1. The topological polar surface area (TPSA) is 46.3 Å². The zero-order chi connectivity index (χ0) is 14.0. The molecule has 0 spiro atoms. The van der Waals surface area contributed by atoms with Crippen molar-refractivity contribution in [1.29, 1.82) is 0 Å². The molecule has 0 saturated carbocycles. The molecule has 2 aromatic rings. The van der Waals surface area contributed by atoms with Gasteiger partial charge in [0.2, 0.25) is 0 Å². The lowest BCUT2D eigenvalue weighted by atomic mass is 9.93. The molecule has 1 unspecified atom stereocenters. The van der Waals surface area contributed by atoms with Gasteiger partial charge in [0.1, 0.15) is 11.3 Å². The molecule has 1 aromatic carbocycles. The van der Waals surface area contributed by atoms with Gasteiger partial charge in [0.25, 0.3) is 0 Å². The number of phenolic OH excluding ortho intramolecular Hbond substituents is 1. The molecule has 2 rings (SSSR count). The number of rotatable bonds is 4. The third kappa shape index (κ3) is 2.80. The summed E-state index contributed by atoms with van der Waals surface area (Å²) < 4.78 is 5.47. The van der Waals surface area contributed by atoms with E-state index in [-0.39, 0.29) is 5.92 Å². The van der Waals surface area contributed by atoms with Crippen LogP contribution in [-0.4, -0.2) is 10.1 Å². The molecule has 0 aliphatic carbocycles. The highest BCUT2D eigenvalue weighted by molar-refractivity contribution is 5.82. The Morgan fingerprint density at radius 3 is 2.89 bits per heavy atom. The Morgan fingerprint density at radius 2 is 2.21 bits per heavy atom. The molecular weight excluding hydrogens is 238 g/mol. The Labute approximate surface area is 114 Å². The summed E-state index contributed by atoms with van der Waals surface area (Å²) in [5.74, 6) is 0.554. The first kappa shape index (κ1) is 13.7. The van der Waals surface area contributed by atoms with Crippen LogP contribution in [0.4, 0.5) is 0 Å². The van der Waals surface area contributed by atoms with Gasteiger partial charge >= 0.3 is 0 Å². The van der Waals surface area contributed by atoms with E-state index in [9.17, 15) is 5.11 Å². The standard InChI is InChI=1S/C16H21NO2/c1-10(2)6-5-7-11(3)14-13(18)8-12(4)15-16(14)19-9-17-15/h6,8-9,11,18H,5,7H2,1-4H3. The average molecular weight is 259 g/mol. The second-order valence-corrected chi connectivity index (χ2v) is 5.42. The van der Waals surface area contributed by atoms with Crippen LogP contribution in [0.3, 0.4) is 0 Å². The SMILES string of the molecule is CC(C)=CCCC(C)c1c(O)cc(C)c2ncoc12. The molecule has 0 amide bonds. The van der Waals surface area contributed by atoms with Crippen molar-refractivity contribution in [3.63, 3.8) is 0 Å². The van der Waals surface area contributed by atoms with E-state index in [1.165, 1.54) is 12.0 Å². The minimum Gasteiger partial charge on any atom is -0.508 e. The highest BCUT2D eigenvalue weighted by Gasteiger charge is 2.18. The molecular formula is C16H21NO2. The highest BCUT2D eigenvalue weighted by atomic mass is 16.3. The lowest BCUT2D eigenvalue weighted by Gasteiger charge is -2.13. The summed E-state index contributed by atoms with van der Waals surface area (Å²) in [6, 6.07) is 1.78. The van der Waals surface area contributed by atoms with E-state index >= 15 is 0 Å². The molecule has 19 heavy (non-hydrogen) atoms. The van der Waals surface area contributed by atoms with Crippen molar-refractivity contribution in [1.82, 2.24) is 4.98 Å². The summed E-state index contributed by atoms with van der Waals surface area (Å²) in [6.07, 6.45) is 5.66. The Hall–Kier alpha value is -1.77. The average Bonchev–Trinajstić information content (AvgIpc) is 2.77. The molecule has 102 valence electrons. The van der Waals surface area contributed by atoms with Gasteiger partial charge in [-0.25, -0.2) is 4.98 Å². The van der Waals surface area contributed by atoms with Gasteiger partial charge in [-0.2, -0.15) is 0 Å². The highest BCUT2D eigenvalue weighted by Crippen LogP contribution is 2.37. The Kier molecular flexibility index (Phi) is 3.93. The van der Waals surface area contributed by atoms with E-state index in [1.54, 1.807) is 6.07 Å². The predicted molar refractivity (Wildman–Crippen MR) is 77.5 cm³/mol. The third-order valence-corrected chi connectivity index (χ3v) is 3.46. The van der Waals surface area contributed by atoms with Crippen LogP contribution in [0.1, 0.15) is 50.7 Å². The summed E-state index contributed by atoms with van der Waals surface area (Å²) in [6.45, 7) is 8.25. The van der Waals surface area contributed by atoms with E-state index in [2.05, 4.69) is 31.8 Å². The first-order valence-electron chi connectivity index (χ1n) is 6.69. The van der Waals surface area contributed by atoms with Crippen molar-refractivity contribution in [2.75, 3.05) is 0 Å². The van der Waals surface area contributed by atoms with Crippen LogP contribution in [0.2, 0.25) is 0 Å². The third-order valence-electron chi connectivity index (χ3n) is 3.46. The molecule has 1 aromatic heterocycles. The lowest BCUT2D eigenvalue weighted by molar-refractivity contribution is 0.458. The quantitative estimate of drug-likeness (QED) is 0.810. The van der Waals surface area contributed by atoms with Gasteiger partial charge in [-0.1, -0.05) is 18.6 Å². The number of allylic oxidation sites excluding steroid dienone is 2. The normalized spacial score (nSPS) is 12.6. The summed E-state index contributed by atoms with van der Waals surface area (Å²) >= 11 is 0. The number of aromatic hydroxyl groups is 1. The van der Waals surface area contributed by atoms with E-state index in [0.29, 0.717) is 5.75 Å². The summed E-state index contributed by atoms with van der Waals surface area (Å²) in [5.41, 5.74) is 4.72. The van der Waals surface area contributed by atoms with E-state index < -0.39 is 0 Å². The van der Waals surface area contributed by atoms with Crippen molar-refractivity contribution < 1.29 is 9.52 Å². The van der Waals surface area contributed by atoms with Crippen LogP contribution in [-0.2, 0) is 0 Å². The molecule has 1 atom stereocenters. The van der Waals surface area contributed by atoms with Crippen LogP contribution >= 0.6 is 0 Å². The fourth-order valence-corrected chi connectivity index (χ4v) is 2.43. The minimum atomic E-state index is 0.242. The molecule has 1 N–H and O–H groups in total. The van der Waals surface area contributed by atoms with Gasteiger partial charge in [-0.3, -0.25) is 0 Å². The van der Waals surface area contributed by atoms with Crippen LogP contribution in [0.5, 0.6) is 5.75 Å². The maximum atomic E-state index is 10.2. The maximum absolute atomic E-state index is 10.2. The number of aromatic nitrogens is 1. The van der Waals surface area contributed by atoms with Crippen LogP contribution in [0.25, 0.3) is 11.1 Å². The van der Waals surface area contributed by atoms with E-state index in [1.807, 2.05) is 6.92 Å². The van der Waals surface area contributed by atoms with Gasteiger partial charge in [0, 0.05) is 5.56 Å². The summed E-state index contributed by atoms with van der Waals surface area (Å²) in [7, 11) is 0.